The predicted molar refractivity (Wildman–Crippen MR) is 162 cm³/mol. The molecule has 0 bridgehead atoms. The van der Waals surface area contributed by atoms with Crippen molar-refractivity contribution in [2.45, 2.75) is 38.9 Å². The molecule has 40 heavy (non-hydrogen) atoms. The average Bonchev–Trinajstić information content (AvgIpc) is 2.89. The number of carbonyl (C=O) groups is 2. The Labute approximate surface area is 249 Å². The van der Waals surface area contributed by atoms with Crippen LogP contribution in [0.15, 0.2) is 77.3 Å². The van der Waals surface area contributed by atoms with Gasteiger partial charge in [0, 0.05) is 28.5 Å². The molecule has 0 radical (unpaired) electrons. The van der Waals surface area contributed by atoms with Crippen molar-refractivity contribution < 1.29 is 22.7 Å². The molecule has 1 N–H and O–H groups in total. The van der Waals surface area contributed by atoms with E-state index in [1.54, 1.807) is 6.07 Å². The quantitative estimate of drug-likeness (QED) is 0.296. The van der Waals surface area contributed by atoms with Crippen LogP contribution in [-0.2, 0) is 32.6 Å². The van der Waals surface area contributed by atoms with E-state index in [1.807, 2.05) is 68.4 Å². The maximum absolute atomic E-state index is 14.1. The van der Waals surface area contributed by atoms with Gasteiger partial charge in [0.05, 0.1) is 19.1 Å². The van der Waals surface area contributed by atoms with Crippen LogP contribution in [0.4, 0.5) is 5.69 Å². The van der Waals surface area contributed by atoms with Crippen molar-refractivity contribution in [2.75, 3.05) is 24.2 Å². The summed E-state index contributed by atoms with van der Waals surface area (Å²) in [6.45, 7) is 3.20. The molecule has 0 aliphatic carbocycles. The lowest BCUT2D eigenvalue weighted by Crippen LogP contribution is -2.54. The van der Waals surface area contributed by atoms with Gasteiger partial charge in [-0.15, -0.1) is 0 Å². The van der Waals surface area contributed by atoms with E-state index < -0.39 is 28.5 Å². The second-order valence-corrected chi connectivity index (χ2v) is 12.9. The van der Waals surface area contributed by atoms with E-state index in [4.69, 9.17) is 16.3 Å². The second-order valence-electron chi connectivity index (χ2n) is 9.60. The summed E-state index contributed by atoms with van der Waals surface area (Å²) < 4.78 is 33.1. The summed E-state index contributed by atoms with van der Waals surface area (Å²) in [6.07, 6.45) is 1.24. The fourth-order valence-electron chi connectivity index (χ4n) is 4.17. The van der Waals surface area contributed by atoms with Crippen LogP contribution in [0.3, 0.4) is 0 Å². The molecule has 1 atom stereocenters. The largest absolute Gasteiger partial charge is 0.495 e. The lowest BCUT2D eigenvalue weighted by molar-refractivity contribution is -0.140. The smallest absolute Gasteiger partial charge is 0.244 e. The standard InChI is InChI=1S/C29H33BrClN3O5S/c1-20(2)32-29(36)26(16-21-8-6-5-7-9-21)33(18-22-10-12-23(30)13-11-22)28(35)19-34(40(4,37)38)25-17-24(31)14-15-27(25)39-3/h5-15,17,20,26H,16,18-19H2,1-4H3,(H,32,36)/t26-/m0/s1. The van der Waals surface area contributed by atoms with Crippen molar-refractivity contribution in [1.29, 1.82) is 0 Å². The molecule has 3 aromatic carbocycles. The molecule has 0 aromatic heterocycles. The molecule has 214 valence electrons. The highest BCUT2D eigenvalue weighted by Crippen LogP contribution is 2.33. The lowest BCUT2D eigenvalue weighted by atomic mass is 10.0. The highest BCUT2D eigenvalue weighted by atomic mass is 79.9. The van der Waals surface area contributed by atoms with Gasteiger partial charge >= 0.3 is 0 Å². The van der Waals surface area contributed by atoms with Crippen molar-refractivity contribution in [3.63, 3.8) is 0 Å². The molecule has 0 saturated carbocycles. The fraction of sp³-hybridized carbons (Fsp3) is 0.310. The van der Waals surface area contributed by atoms with Crippen molar-refractivity contribution in [3.8, 4) is 5.75 Å². The number of sulfonamides is 1. The van der Waals surface area contributed by atoms with E-state index in [0.717, 1.165) is 26.2 Å². The highest BCUT2D eigenvalue weighted by molar-refractivity contribution is 9.10. The van der Waals surface area contributed by atoms with Gasteiger partial charge in [-0.25, -0.2) is 8.42 Å². The zero-order valence-electron chi connectivity index (χ0n) is 22.8. The van der Waals surface area contributed by atoms with Crippen molar-refractivity contribution in [2.24, 2.45) is 0 Å². The van der Waals surface area contributed by atoms with Crippen molar-refractivity contribution >= 4 is 55.1 Å². The van der Waals surface area contributed by atoms with E-state index in [2.05, 4.69) is 21.2 Å². The SMILES string of the molecule is COc1ccc(Cl)cc1N(CC(=O)N(Cc1ccc(Br)cc1)[C@@H](Cc1ccccc1)C(=O)NC(C)C)S(C)(=O)=O. The molecule has 0 saturated heterocycles. The Morgan fingerprint density at radius 3 is 2.23 bits per heavy atom. The summed E-state index contributed by atoms with van der Waals surface area (Å²) in [5.74, 6) is -0.661. The Hall–Kier alpha value is -3.08. The normalized spacial score (nSPS) is 12.1. The Bertz CT molecular complexity index is 1420. The first-order valence-electron chi connectivity index (χ1n) is 12.6. The molecule has 0 aliphatic rings. The fourth-order valence-corrected chi connectivity index (χ4v) is 5.45. The lowest BCUT2D eigenvalue weighted by Gasteiger charge is -2.34. The van der Waals surface area contributed by atoms with Crippen LogP contribution >= 0.6 is 27.5 Å². The molecule has 0 fully saturated rings. The van der Waals surface area contributed by atoms with E-state index in [0.29, 0.717) is 0 Å². The third kappa shape index (κ3) is 8.71. The van der Waals surface area contributed by atoms with E-state index in [9.17, 15) is 18.0 Å². The van der Waals surface area contributed by atoms with Gasteiger partial charge in [0.2, 0.25) is 21.8 Å². The van der Waals surface area contributed by atoms with Gasteiger partial charge in [-0.05, 0) is 55.3 Å². The Morgan fingerprint density at radius 2 is 1.65 bits per heavy atom. The van der Waals surface area contributed by atoms with Crippen LogP contribution in [0.25, 0.3) is 0 Å². The molecule has 2 amide bonds. The van der Waals surface area contributed by atoms with Gasteiger partial charge in [-0.3, -0.25) is 13.9 Å². The minimum Gasteiger partial charge on any atom is -0.495 e. The van der Waals surface area contributed by atoms with Crippen LogP contribution in [0, 0.1) is 0 Å². The number of methoxy groups -OCH3 is 1. The molecule has 11 heteroatoms. The zero-order valence-corrected chi connectivity index (χ0v) is 26.0. The van der Waals surface area contributed by atoms with Gasteiger partial charge in [-0.2, -0.15) is 0 Å². The number of nitrogens with zero attached hydrogens (tertiary/aromatic N) is 2. The Balaban J connectivity index is 2.09. The monoisotopic (exact) mass is 649 g/mol. The van der Waals surface area contributed by atoms with Crippen LogP contribution in [0.1, 0.15) is 25.0 Å². The van der Waals surface area contributed by atoms with Gasteiger partial charge in [0.15, 0.2) is 0 Å². The summed E-state index contributed by atoms with van der Waals surface area (Å²) in [4.78, 5) is 29.1. The molecule has 0 spiro atoms. The van der Waals surface area contributed by atoms with Crippen molar-refractivity contribution in [1.82, 2.24) is 10.2 Å². The summed E-state index contributed by atoms with van der Waals surface area (Å²) in [5, 5.41) is 3.20. The predicted octanol–water partition coefficient (Wildman–Crippen LogP) is 5.04. The van der Waals surface area contributed by atoms with E-state index in [1.165, 1.54) is 24.1 Å². The number of rotatable bonds is 12. The number of ether oxygens (including phenoxy) is 1. The summed E-state index contributed by atoms with van der Waals surface area (Å²) in [5.41, 5.74) is 1.76. The molecule has 0 aliphatic heterocycles. The first kappa shape index (κ1) is 31.4. The van der Waals surface area contributed by atoms with Gasteiger partial charge < -0.3 is 15.0 Å². The molecular weight excluding hydrogens is 618 g/mol. The third-order valence-electron chi connectivity index (χ3n) is 6.06. The minimum absolute atomic E-state index is 0.0827. The highest BCUT2D eigenvalue weighted by Gasteiger charge is 2.34. The Morgan fingerprint density at radius 1 is 1.00 bits per heavy atom. The number of hydrogen-bond acceptors (Lipinski definition) is 5. The second kappa shape index (κ2) is 14.0. The van der Waals surface area contributed by atoms with Gasteiger partial charge in [0.25, 0.3) is 0 Å². The molecule has 0 unspecified atom stereocenters. The topological polar surface area (TPSA) is 96.0 Å². The number of halogens is 2. The third-order valence-corrected chi connectivity index (χ3v) is 7.95. The number of hydrogen-bond donors (Lipinski definition) is 1. The minimum atomic E-state index is -3.96. The first-order valence-corrected chi connectivity index (χ1v) is 15.6. The molecular formula is C29H33BrClN3O5S. The van der Waals surface area contributed by atoms with Gasteiger partial charge in [-0.1, -0.05) is 70.0 Å². The maximum Gasteiger partial charge on any atom is 0.244 e. The number of nitrogens with one attached hydrogen (secondary N) is 1. The molecule has 0 heterocycles. The number of anilines is 1. The number of carbonyl (C=O) groups excluding carboxylic acids is 2. The van der Waals surface area contributed by atoms with E-state index >= 15 is 0 Å². The summed E-state index contributed by atoms with van der Waals surface area (Å²) >= 11 is 9.61. The number of amides is 2. The molecule has 3 aromatic rings. The first-order chi connectivity index (χ1) is 18.9. The van der Waals surface area contributed by atoms with Crippen molar-refractivity contribution in [3.05, 3.63) is 93.4 Å². The maximum atomic E-state index is 14.1. The van der Waals surface area contributed by atoms with Crippen LogP contribution in [-0.4, -0.2) is 57.1 Å². The number of benzene rings is 3. The van der Waals surface area contributed by atoms with E-state index in [-0.39, 0.29) is 41.4 Å². The van der Waals surface area contributed by atoms with Gasteiger partial charge in [0.1, 0.15) is 18.3 Å². The van der Waals surface area contributed by atoms with Crippen LogP contribution < -0.4 is 14.4 Å². The van der Waals surface area contributed by atoms with Crippen LogP contribution in [0.5, 0.6) is 5.75 Å². The Kier molecular flexibility index (Phi) is 11.0. The average molecular weight is 651 g/mol. The molecule has 3 rings (SSSR count). The van der Waals surface area contributed by atoms with Crippen LogP contribution in [0.2, 0.25) is 5.02 Å². The summed E-state index contributed by atoms with van der Waals surface area (Å²) in [6, 6.07) is 20.2. The molecule has 8 nitrogen and oxygen atoms in total. The summed E-state index contributed by atoms with van der Waals surface area (Å²) in [7, 11) is -2.55. The zero-order chi connectivity index (χ0) is 29.4.